The van der Waals surface area contributed by atoms with Crippen LogP contribution in [0.15, 0.2) is 23.7 Å². The molecule has 0 aliphatic heterocycles. The second-order valence-electron chi connectivity index (χ2n) is 3.74. The van der Waals surface area contributed by atoms with Gasteiger partial charge in [0, 0.05) is 19.8 Å². The van der Waals surface area contributed by atoms with Gasteiger partial charge in [0.1, 0.15) is 0 Å². The minimum Gasteiger partial charge on any atom is -0.381 e. The smallest absolute Gasteiger partial charge is 0.281 e. The van der Waals surface area contributed by atoms with Crippen LogP contribution in [0.5, 0.6) is 0 Å². The van der Waals surface area contributed by atoms with Crippen LogP contribution in [0.4, 0.5) is 11.5 Å². The molecule has 0 spiro atoms. The van der Waals surface area contributed by atoms with Crippen LogP contribution in [0.25, 0.3) is 0 Å². The number of sulfonamides is 1. The van der Waals surface area contributed by atoms with Crippen LogP contribution < -0.4 is 10.5 Å². The Labute approximate surface area is 104 Å². The number of nitrogens with one attached hydrogen (secondary N) is 1. The molecule has 0 aromatic carbocycles. The zero-order chi connectivity index (χ0) is 13.3. The molecule has 0 radical (unpaired) electrons. The molecule has 0 amide bonds. The third kappa shape index (κ3) is 2.16. The van der Waals surface area contributed by atoms with Crippen LogP contribution in [0, 0.1) is 0 Å². The number of hydrogen-bond acceptors (Lipinski definition) is 5. The Morgan fingerprint density at radius 2 is 2.22 bits per heavy atom. The van der Waals surface area contributed by atoms with Crippen LogP contribution in [0.3, 0.4) is 0 Å². The summed E-state index contributed by atoms with van der Waals surface area (Å²) in [6.45, 7) is 2.57. The summed E-state index contributed by atoms with van der Waals surface area (Å²) in [4.78, 5) is 3.75. The first-order valence-corrected chi connectivity index (χ1v) is 6.74. The first-order valence-electron chi connectivity index (χ1n) is 5.26. The maximum atomic E-state index is 12.1. The molecule has 0 atom stereocenters. The lowest BCUT2D eigenvalue weighted by Gasteiger charge is -2.06. The Hall–Kier alpha value is -2.03. The zero-order valence-electron chi connectivity index (χ0n) is 10.0. The van der Waals surface area contributed by atoms with Gasteiger partial charge in [-0.15, -0.1) is 0 Å². The van der Waals surface area contributed by atoms with E-state index in [9.17, 15) is 8.42 Å². The van der Waals surface area contributed by atoms with Gasteiger partial charge in [0.15, 0.2) is 10.8 Å². The number of anilines is 2. The molecule has 0 aliphatic carbocycles. The average molecular weight is 270 g/mol. The van der Waals surface area contributed by atoms with Crippen molar-refractivity contribution in [3.05, 3.63) is 18.7 Å². The molecule has 0 aliphatic rings. The average Bonchev–Trinajstić information content (AvgIpc) is 2.85. The molecule has 2 aromatic rings. The second-order valence-corrected chi connectivity index (χ2v) is 5.33. The molecule has 98 valence electrons. The zero-order valence-corrected chi connectivity index (χ0v) is 10.8. The molecule has 0 saturated heterocycles. The van der Waals surface area contributed by atoms with Crippen molar-refractivity contribution < 1.29 is 8.42 Å². The number of aromatic nitrogens is 4. The van der Waals surface area contributed by atoms with Crippen molar-refractivity contribution >= 4 is 21.5 Å². The molecule has 0 bridgehead atoms. The molecule has 9 heteroatoms. The molecular weight excluding hydrogens is 256 g/mol. The third-order valence-corrected chi connectivity index (χ3v) is 3.88. The minimum atomic E-state index is -3.75. The molecule has 8 nitrogen and oxygen atoms in total. The van der Waals surface area contributed by atoms with E-state index in [0.717, 1.165) is 0 Å². The highest BCUT2D eigenvalue weighted by atomic mass is 32.2. The second kappa shape index (κ2) is 4.33. The van der Waals surface area contributed by atoms with Crippen LogP contribution in [-0.2, 0) is 23.6 Å². The van der Waals surface area contributed by atoms with Crippen molar-refractivity contribution in [3.8, 4) is 0 Å². The number of nitrogen functional groups attached to an aromatic ring is 1. The fourth-order valence-electron chi connectivity index (χ4n) is 1.56. The highest BCUT2D eigenvalue weighted by molar-refractivity contribution is 7.92. The molecular formula is C9H14N6O2S. The molecule has 2 heterocycles. The molecule has 0 saturated carbocycles. The van der Waals surface area contributed by atoms with Crippen molar-refractivity contribution in [2.45, 2.75) is 18.5 Å². The predicted molar refractivity (Wildman–Crippen MR) is 66.3 cm³/mol. The van der Waals surface area contributed by atoms with E-state index < -0.39 is 10.0 Å². The molecule has 2 aromatic heterocycles. The van der Waals surface area contributed by atoms with E-state index in [-0.39, 0.29) is 10.8 Å². The quantitative estimate of drug-likeness (QED) is 0.814. The number of imidazole rings is 1. The van der Waals surface area contributed by atoms with Crippen molar-refractivity contribution in [2.24, 2.45) is 7.05 Å². The van der Waals surface area contributed by atoms with Gasteiger partial charge in [0.05, 0.1) is 18.2 Å². The summed E-state index contributed by atoms with van der Waals surface area (Å²) in [5.74, 6) is -0.0344. The maximum Gasteiger partial charge on any atom is 0.281 e. The Balaban J connectivity index is 2.33. The van der Waals surface area contributed by atoms with Gasteiger partial charge < -0.3 is 10.3 Å². The van der Waals surface area contributed by atoms with Gasteiger partial charge in [-0.25, -0.2) is 4.98 Å². The lowest BCUT2D eigenvalue weighted by molar-refractivity contribution is 0.592. The Morgan fingerprint density at radius 1 is 1.50 bits per heavy atom. The normalized spacial score (nSPS) is 11.7. The first kappa shape index (κ1) is 12.4. The number of aryl methyl sites for hydroxylation is 2. The number of hydrogen-bond donors (Lipinski definition) is 2. The standard InChI is InChI=1S/C9H14N6O2S/c1-3-15-5-7(4-12-15)13-18(16,17)9-8(10)11-6-14(9)2/h4-6,13H,3,10H2,1-2H3. The molecule has 0 unspecified atom stereocenters. The summed E-state index contributed by atoms with van der Waals surface area (Å²) in [5, 5.41) is 3.92. The number of nitrogens with two attached hydrogens (primary N) is 1. The van der Waals surface area contributed by atoms with Crippen molar-refractivity contribution in [3.63, 3.8) is 0 Å². The third-order valence-electron chi connectivity index (χ3n) is 2.37. The van der Waals surface area contributed by atoms with E-state index in [4.69, 9.17) is 5.73 Å². The topological polar surface area (TPSA) is 108 Å². The van der Waals surface area contributed by atoms with Crippen molar-refractivity contribution in [1.29, 1.82) is 0 Å². The van der Waals surface area contributed by atoms with E-state index in [1.165, 1.54) is 17.1 Å². The lowest BCUT2D eigenvalue weighted by Crippen LogP contribution is -2.17. The number of rotatable bonds is 4. The molecule has 3 N–H and O–H groups in total. The highest BCUT2D eigenvalue weighted by Crippen LogP contribution is 2.19. The molecule has 0 fully saturated rings. The molecule has 18 heavy (non-hydrogen) atoms. The van der Waals surface area contributed by atoms with Gasteiger partial charge in [-0.3, -0.25) is 9.40 Å². The van der Waals surface area contributed by atoms with Gasteiger partial charge in [0.25, 0.3) is 10.0 Å². The van der Waals surface area contributed by atoms with Crippen molar-refractivity contribution in [2.75, 3.05) is 10.5 Å². The number of nitrogens with zero attached hydrogens (tertiary/aromatic N) is 4. The van der Waals surface area contributed by atoms with Crippen LogP contribution in [-0.4, -0.2) is 27.7 Å². The van der Waals surface area contributed by atoms with E-state index in [1.54, 1.807) is 17.9 Å². The predicted octanol–water partition coefficient (Wildman–Crippen LogP) is 0.0195. The first-order chi connectivity index (χ1) is 8.44. The lowest BCUT2D eigenvalue weighted by atomic mass is 10.6. The van der Waals surface area contributed by atoms with Crippen LogP contribution >= 0.6 is 0 Å². The van der Waals surface area contributed by atoms with Gasteiger partial charge in [-0.2, -0.15) is 13.5 Å². The Morgan fingerprint density at radius 3 is 2.72 bits per heavy atom. The van der Waals surface area contributed by atoms with Gasteiger partial charge in [0.2, 0.25) is 0 Å². The van der Waals surface area contributed by atoms with E-state index in [1.807, 2.05) is 6.92 Å². The maximum absolute atomic E-state index is 12.1. The summed E-state index contributed by atoms with van der Waals surface area (Å²) in [6.07, 6.45) is 4.39. The van der Waals surface area contributed by atoms with Gasteiger partial charge >= 0.3 is 0 Å². The Kier molecular flexibility index (Phi) is 2.99. The SMILES string of the molecule is CCn1cc(NS(=O)(=O)c2c(N)ncn2C)cn1. The fraction of sp³-hybridized carbons (Fsp3) is 0.333. The summed E-state index contributed by atoms with van der Waals surface area (Å²) in [6, 6.07) is 0. The molecule has 2 rings (SSSR count). The largest absolute Gasteiger partial charge is 0.381 e. The summed E-state index contributed by atoms with van der Waals surface area (Å²) < 4.78 is 29.6. The van der Waals surface area contributed by atoms with Gasteiger partial charge in [-0.05, 0) is 6.92 Å². The van der Waals surface area contributed by atoms with Crippen molar-refractivity contribution in [1.82, 2.24) is 19.3 Å². The summed E-state index contributed by atoms with van der Waals surface area (Å²) in [5.41, 5.74) is 5.93. The Bertz CT molecular complexity index is 637. The summed E-state index contributed by atoms with van der Waals surface area (Å²) in [7, 11) is -2.19. The van der Waals surface area contributed by atoms with Crippen LogP contribution in [0.1, 0.15) is 6.92 Å². The van der Waals surface area contributed by atoms with E-state index in [2.05, 4.69) is 14.8 Å². The van der Waals surface area contributed by atoms with Gasteiger partial charge in [-0.1, -0.05) is 0 Å². The fourth-order valence-corrected chi connectivity index (χ4v) is 2.82. The monoisotopic (exact) mass is 270 g/mol. The van der Waals surface area contributed by atoms with E-state index >= 15 is 0 Å². The van der Waals surface area contributed by atoms with Crippen LogP contribution in [0.2, 0.25) is 0 Å². The minimum absolute atomic E-state index is 0.0344. The summed E-state index contributed by atoms with van der Waals surface area (Å²) >= 11 is 0. The van der Waals surface area contributed by atoms with E-state index in [0.29, 0.717) is 12.2 Å². The highest BCUT2D eigenvalue weighted by Gasteiger charge is 2.22.